The lowest BCUT2D eigenvalue weighted by Gasteiger charge is -2.18. The van der Waals surface area contributed by atoms with Crippen LogP contribution in [-0.4, -0.2) is 21.6 Å². The molecule has 2 atom stereocenters. The highest BCUT2D eigenvalue weighted by Crippen LogP contribution is 2.27. The van der Waals surface area contributed by atoms with Crippen LogP contribution in [0.5, 0.6) is 0 Å². The number of rotatable bonds is 1. The number of thioether (sulfide) groups is 1. The van der Waals surface area contributed by atoms with E-state index in [1.165, 1.54) is 18.2 Å². The van der Waals surface area contributed by atoms with Gasteiger partial charge in [-0.3, -0.25) is 5.41 Å². The highest BCUT2D eigenvalue weighted by atomic mass is 32.2. The zero-order valence-corrected chi connectivity index (χ0v) is 7.94. The minimum atomic E-state index is -0.263. The lowest BCUT2D eigenvalue weighted by Crippen LogP contribution is -2.24. The molecule has 0 aromatic rings. The quantitative estimate of drug-likeness (QED) is 0.330. The molecule has 3 nitrogen and oxygen atoms in total. The molecule has 70 valence electrons. The normalized spacial score (nSPS) is 31.1. The van der Waals surface area contributed by atoms with E-state index < -0.39 is 0 Å². The van der Waals surface area contributed by atoms with Crippen molar-refractivity contribution in [3.8, 4) is 0 Å². The maximum atomic E-state index is 9.62. The van der Waals surface area contributed by atoms with Crippen LogP contribution in [0.25, 0.3) is 0 Å². The van der Waals surface area contributed by atoms with Gasteiger partial charge in [-0.05, 0) is 12.8 Å². The lowest BCUT2D eigenvalue weighted by molar-refractivity contribution is 0.163. The summed E-state index contributed by atoms with van der Waals surface area (Å²) in [7, 11) is 0. The summed E-state index contributed by atoms with van der Waals surface area (Å²) in [6, 6.07) is 0. The summed E-state index contributed by atoms with van der Waals surface area (Å²) in [6.45, 7) is 0. The van der Waals surface area contributed by atoms with Crippen LogP contribution in [0.4, 0.5) is 0 Å². The van der Waals surface area contributed by atoms with E-state index in [1.807, 2.05) is 0 Å². The van der Waals surface area contributed by atoms with Crippen LogP contribution in [0.3, 0.4) is 0 Å². The Morgan fingerprint density at radius 2 is 2.00 bits per heavy atom. The lowest BCUT2D eigenvalue weighted by atomic mass is 10.1. The predicted molar refractivity (Wildman–Crippen MR) is 52.4 cm³/mol. The molecule has 4 N–H and O–H groups in total. The van der Waals surface area contributed by atoms with E-state index in [0.29, 0.717) is 0 Å². The minimum absolute atomic E-state index is 0.126. The van der Waals surface area contributed by atoms with Gasteiger partial charge < -0.3 is 10.8 Å². The van der Waals surface area contributed by atoms with Gasteiger partial charge in [0.2, 0.25) is 0 Å². The van der Waals surface area contributed by atoms with Gasteiger partial charge in [0.25, 0.3) is 0 Å². The fourth-order valence-corrected chi connectivity index (χ4v) is 2.46. The Morgan fingerprint density at radius 1 is 1.33 bits per heavy atom. The first-order chi connectivity index (χ1) is 5.70. The first-order valence-electron chi connectivity index (χ1n) is 4.39. The molecule has 12 heavy (non-hydrogen) atoms. The summed E-state index contributed by atoms with van der Waals surface area (Å²) < 4.78 is 0. The van der Waals surface area contributed by atoms with Crippen LogP contribution in [0.15, 0.2) is 0 Å². The predicted octanol–water partition coefficient (Wildman–Crippen LogP) is 1.31. The Morgan fingerprint density at radius 3 is 2.67 bits per heavy atom. The molecule has 0 aliphatic heterocycles. The fraction of sp³-hybridized carbons (Fsp3) is 0.875. The van der Waals surface area contributed by atoms with Gasteiger partial charge in [0.05, 0.1) is 6.10 Å². The third kappa shape index (κ3) is 3.03. The van der Waals surface area contributed by atoms with Crippen LogP contribution < -0.4 is 5.73 Å². The topological polar surface area (TPSA) is 70.1 Å². The average molecular weight is 188 g/mol. The molecule has 4 heteroatoms. The molecule has 0 amide bonds. The van der Waals surface area contributed by atoms with Gasteiger partial charge in [-0.25, -0.2) is 0 Å². The molecular weight excluding hydrogens is 172 g/mol. The fourth-order valence-electron chi connectivity index (χ4n) is 1.55. The molecule has 2 unspecified atom stereocenters. The molecular formula is C8H16N2OS. The molecule has 0 spiro atoms. The van der Waals surface area contributed by atoms with Crippen molar-refractivity contribution in [1.82, 2.24) is 0 Å². The number of hydrogen-bond donors (Lipinski definition) is 3. The van der Waals surface area contributed by atoms with Crippen molar-refractivity contribution in [3.63, 3.8) is 0 Å². The SMILES string of the molecule is N=C(N)SC1CCCCCC1O. The van der Waals surface area contributed by atoms with Crippen molar-refractivity contribution in [2.45, 2.75) is 43.5 Å². The van der Waals surface area contributed by atoms with Crippen LogP contribution in [0.1, 0.15) is 32.1 Å². The van der Waals surface area contributed by atoms with Gasteiger partial charge in [-0.1, -0.05) is 31.0 Å². The number of aliphatic hydroxyl groups excluding tert-OH is 1. The van der Waals surface area contributed by atoms with Gasteiger partial charge in [0.1, 0.15) is 0 Å². The van der Waals surface area contributed by atoms with Crippen LogP contribution >= 0.6 is 11.8 Å². The monoisotopic (exact) mass is 188 g/mol. The van der Waals surface area contributed by atoms with Crippen LogP contribution in [-0.2, 0) is 0 Å². The zero-order valence-electron chi connectivity index (χ0n) is 7.12. The van der Waals surface area contributed by atoms with Crippen molar-refractivity contribution in [2.24, 2.45) is 5.73 Å². The minimum Gasteiger partial charge on any atom is -0.392 e. The summed E-state index contributed by atoms with van der Waals surface area (Å²) >= 11 is 1.31. The van der Waals surface area contributed by atoms with Crippen LogP contribution in [0, 0.1) is 5.41 Å². The third-order valence-corrected chi connectivity index (χ3v) is 3.30. The summed E-state index contributed by atoms with van der Waals surface area (Å²) in [4.78, 5) is 0. The van der Waals surface area contributed by atoms with Gasteiger partial charge in [0, 0.05) is 5.25 Å². The Hall–Kier alpha value is -0.220. The second kappa shape index (κ2) is 4.72. The van der Waals surface area contributed by atoms with Crippen molar-refractivity contribution in [1.29, 1.82) is 5.41 Å². The average Bonchev–Trinajstić information content (AvgIpc) is 2.16. The van der Waals surface area contributed by atoms with Crippen molar-refractivity contribution < 1.29 is 5.11 Å². The van der Waals surface area contributed by atoms with E-state index in [1.54, 1.807) is 0 Å². The van der Waals surface area contributed by atoms with Gasteiger partial charge in [0.15, 0.2) is 5.17 Å². The van der Waals surface area contributed by atoms with E-state index in [4.69, 9.17) is 11.1 Å². The molecule has 1 aliphatic carbocycles. The van der Waals surface area contributed by atoms with Crippen molar-refractivity contribution in [3.05, 3.63) is 0 Å². The van der Waals surface area contributed by atoms with Gasteiger partial charge >= 0.3 is 0 Å². The van der Waals surface area contributed by atoms with E-state index in [-0.39, 0.29) is 16.5 Å². The molecule has 1 rings (SSSR count). The maximum Gasteiger partial charge on any atom is 0.151 e. The molecule has 0 saturated heterocycles. The summed E-state index contributed by atoms with van der Waals surface area (Å²) in [5.41, 5.74) is 5.27. The molecule has 0 aromatic carbocycles. The number of amidine groups is 1. The zero-order chi connectivity index (χ0) is 8.97. The molecule has 0 heterocycles. The highest BCUT2D eigenvalue weighted by Gasteiger charge is 2.22. The number of hydrogen-bond acceptors (Lipinski definition) is 3. The third-order valence-electron chi connectivity index (χ3n) is 2.20. The smallest absolute Gasteiger partial charge is 0.151 e. The van der Waals surface area contributed by atoms with E-state index in [2.05, 4.69) is 0 Å². The Balaban J connectivity index is 2.41. The molecule has 0 bridgehead atoms. The van der Waals surface area contributed by atoms with E-state index in [0.717, 1.165) is 25.7 Å². The van der Waals surface area contributed by atoms with Crippen molar-refractivity contribution >= 4 is 16.9 Å². The summed E-state index contributed by atoms with van der Waals surface area (Å²) in [6.07, 6.45) is 5.06. The standard InChI is InChI=1S/C8H16N2OS/c9-8(10)12-7-5-3-1-2-4-6(7)11/h6-7,11H,1-5H2,(H3,9,10). The van der Waals surface area contributed by atoms with Gasteiger partial charge in [-0.15, -0.1) is 0 Å². The summed E-state index contributed by atoms with van der Waals surface area (Å²) in [5, 5.41) is 17.0. The maximum absolute atomic E-state index is 9.62. The number of nitrogens with two attached hydrogens (primary N) is 1. The molecule has 0 aromatic heterocycles. The first kappa shape index (κ1) is 9.86. The first-order valence-corrected chi connectivity index (χ1v) is 5.27. The number of nitrogens with one attached hydrogen (secondary N) is 1. The largest absolute Gasteiger partial charge is 0.392 e. The highest BCUT2D eigenvalue weighted by molar-refractivity contribution is 8.14. The second-order valence-electron chi connectivity index (χ2n) is 3.23. The summed E-state index contributed by atoms with van der Waals surface area (Å²) in [5.74, 6) is 0. The Bertz CT molecular complexity index is 163. The van der Waals surface area contributed by atoms with Gasteiger partial charge in [-0.2, -0.15) is 0 Å². The van der Waals surface area contributed by atoms with Crippen molar-refractivity contribution in [2.75, 3.05) is 0 Å². The Labute approximate surface area is 77.2 Å². The number of aliphatic hydroxyl groups is 1. The van der Waals surface area contributed by atoms with E-state index >= 15 is 0 Å². The second-order valence-corrected chi connectivity index (χ2v) is 4.51. The van der Waals surface area contributed by atoms with E-state index in [9.17, 15) is 5.11 Å². The molecule has 0 radical (unpaired) electrons. The van der Waals surface area contributed by atoms with Crippen LogP contribution in [0.2, 0.25) is 0 Å². The Kier molecular flexibility index (Phi) is 3.88. The molecule has 1 saturated carbocycles. The molecule has 1 fully saturated rings. The molecule has 1 aliphatic rings.